The molecule has 4 rings (SSSR count). The first-order valence-corrected chi connectivity index (χ1v) is 11.9. The minimum Gasteiger partial charge on any atom is -0.393 e. The molecule has 0 amide bonds. The molecule has 1 heterocycles. The lowest BCUT2D eigenvalue weighted by atomic mass is 9.91. The number of β-amino-alcohol motifs (C(OH)–C–C–N with tert-alkyl or cyclic N) is 1. The molecule has 1 saturated heterocycles. The van der Waals surface area contributed by atoms with Gasteiger partial charge in [0.25, 0.3) is 0 Å². The maximum Gasteiger partial charge on any atom is 0.144 e. The molecule has 1 atom stereocenters. The number of hydrogen-bond donors (Lipinski definition) is 1. The van der Waals surface area contributed by atoms with Crippen molar-refractivity contribution in [3.8, 4) is 0 Å². The second-order valence-electron chi connectivity index (χ2n) is 8.84. The largest absolute Gasteiger partial charge is 0.393 e. The van der Waals surface area contributed by atoms with Crippen molar-refractivity contribution in [2.45, 2.75) is 38.3 Å². The number of oxime groups is 1. The molecule has 1 saturated carbocycles. The van der Waals surface area contributed by atoms with Crippen LogP contribution >= 0.6 is 0 Å². The molecular formula is C27H35N3O2. The van der Waals surface area contributed by atoms with Crippen molar-refractivity contribution in [1.29, 1.82) is 0 Å². The van der Waals surface area contributed by atoms with Gasteiger partial charge in [0.05, 0.1) is 5.71 Å². The number of rotatable bonds is 8. The van der Waals surface area contributed by atoms with Gasteiger partial charge in [-0.05, 0) is 48.5 Å². The summed E-state index contributed by atoms with van der Waals surface area (Å²) in [6.45, 7) is 5.88. The molecule has 0 spiro atoms. The Morgan fingerprint density at radius 2 is 1.53 bits per heavy atom. The zero-order chi connectivity index (χ0) is 22.0. The molecule has 32 heavy (non-hydrogen) atoms. The minimum absolute atomic E-state index is 0.242. The minimum atomic E-state index is -0.523. The van der Waals surface area contributed by atoms with Gasteiger partial charge in [-0.1, -0.05) is 65.8 Å². The van der Waals surface area contributed by atoms with Gasteiger partial charge < -0.3 is 9.94 Å². The van der Waals surface area contributed by atoms with E-state index in [0.29, 0.717) is 6.54 Å². The molecule has 0 bridgehead atoms. The summed E-state index contributed by atoms with van der Waals surface area (Å²) < 4.78 is 0. The zero-order valence-corrected chi connectivity index (χ0v) is 18.9. The average molecular weight is 434 g/mol. The molecule has 5 heteroatoms. The number of allylic oxidation sites excluding steroid dienone is 1. The van der Waals surface area contributed by atoms with Gasteiger partial charge in [0.15, 0.2) is 0 Å². The monoisotopic (exact) mass is 433 g/mol. The summed E-state index contributed by atoms with van der Waals surface area (Å²) in [4.78, 5) is 10.4. The van der Waals surface area contributed by atoms with Crippen molar-refractivity contribution in [1.82, 2.24) is 9.80 Å². The third kappa shape index (κ3) is 7.02. The standard InChI is InChI=1S/C27H35N3O2/c31-26(21-30-17-15-29(16-18-30)20-24-11-5-2-6-12-24)22-32-28-27-14-8-7-13-25(27)19-23-9-3-1-4-10-23/h1-6,9-12,19,26,31H,7-8,13-18,20-22H2/b25-19+,28-27+/t26-/m0/s1. The number of nitrogens with zero attached hydrogens (tertiary/aromatic N) is 3. The maximum absolute atomic E-state index is 10.5. The third-order valence-electron chi connectivity index (χ3n) is 6.25. The van der Waals surface area contributed by atoms with Crippen LogP contribution in [0, 0.1) is 0 Å². The molecule has 0 radical (unpaired) electrons. The van der Waals surface area contributed by atoms with Gasteiger partial charge in [0, 0.05) is 39.3 Å². The summed E-state index contributed by atoms with van der Waals surface area (Å²) in [5.41, 5.74) is 4.84. The fourth-order valence-electron chi connectivity index (χ4n) is 4.45. The normalized spacial score (nSPS) is 21.7. The van der Waals surface area contributed by atoms with E-state index in [0.717, 1.165) is 57.7 Å². The van der Waals surface area contributed by atoms with Crippen molar-refractivity contribution >= 4 is 11.8 Å². The van der Waals surface area contributed by atoms with Crippen LogP contribution in [-0.2, 0) is 11.4 Å². The number of benzene rings is 2. The van der Waals surface area contributed by atoms with E-state index in [1.165, 1.54) is 23.1 Å². The van der Waals surface area contributed by atoms with Crippen molar-refractivity contribution < 1.29 is 9.94 Å². The molecule has 170 valence electrons. The van der Waals surface area contributed by atoms with E-state index in [-0.39, 0.29) is 6.61 Å². The van der Waals surface area contributed by atoms with E-state index in [4.69, 9.17) is 4.84 Å². The summed E-state index contributed by atoms with van der Waals surface area (Å²) in [6, 6.07) is 21.0. The van der Waals surface area contributed by atoms with Crippen LogP contribution in [0.15, 0.2) is 71.4 Å². The van der Waals surface area contributed by atoms with Gasteiger partial charge in [-0.25, -0.2) is 0 Å². The van der Waals surface area contributed by atoms with Crippen LogP contribution in [-0.4, -0.2) is 66.1 Å². The van der Waals surface area contributed by atoms with Crippen LogP contribution in [0.3, 0.4) is 0 Å². The summed E-state index contributed by atoms with van der Waals surface area (Å²) in [7, 11) is 0. The Labute approximate surface area is 192 Å². The van der Waals surface area contributed by atoms with Crippen molar-refractivity contribution in [3.05, 3.63) is 77.4 Å². The van der Waals surface area contributed by atoms with Gasteiger partial charge in [-0.2, -0.15) is 0 Å². The Bertz CT molecular complexity index is 874. The predicted molar refractivity (Wildman–Crippen MR) is 130 cm³/mol. The number of aliphatic hydroxyl groups excluding tert-OH is 1. The SMILES string of the molecule is O[C@H](CO/N=C1\CCCC\C1=C/c1ccccc1)CN1CCN(Cc2ccccc2)CC1. The van der Waals surface area contributed by atoms with E-state index in [9.17, 15) is 5.11 Å². The Balaban J connectivity index is 1.20. The van der Waals surface area contributed by atoms with Gasteiger partial charge in [-0.3, -0.25) is 9.80 Å². The lowest BCUT2D eigenvalue weighted by Gasteiger charge is -2.35. The van der Waals surface area contributed by atoms with Crippen LogP contribution in [0.2, 0.25) is 0 Å². The van der Waals surface area contributed by atoms with Crippen molar-refractivity contribution in [3.63, 3.8) is 0 Å². The van der Waals surface area contributed by atoms with Crippen LogP contribution in [0.25, 0.3) is 6.08 Å². The third-order valence-corrected chi connectivity index (χ3v) is 6.25. The summed E-state index contributed by atoms with van der Waals surface area (Å²) >= 11 is 0. The first-order chi connectivity index (χ1) is 15.8. The van der Waals surface area contributed by atoms with E-state index in [1.54, 1.807) is 0 Å². The molecule has 2 aromatic carbocycles. The Morgan fingerprint density at radius 1 is 0.875 bits per heavy atom. The van der Waals surface area contributed by atoms with E-state index < -0.39 is 6.10 Å². The summed E-state index contributed by atoms with van der Waals surface area (Å²) in [6.07, 6.45) is 6.00. The number of piperazine rings is 1. The second-order valence-corrected chi connectivity index (χ2v) is 8.84. The van der Waals surface area contributed by atoms with Crippen molar-refractivity contribution in [2.24, 2.45) is 5.16 Å². The molecule has 1 aliphatic heterocycles. The lowest BCUT2D eigenvalue weighted by molar-refractivity contribution is 0.00816. The molecular weight excluding hydrogens is 398 g/mol. The van der Waals surface area contributed by atoms with Crippen LogP contribution in [0.1, 0.15) is 36.8 Å². The molecule has 0 unspecified atom stereocenters. The summed E-state index contributed by atoms with van der Waals surface area (Å²) in [5, 5.41) is 14.9. The molecule has 1 N–H and O–H groups in total. The van der Waals surface area contributed by atoms with Gasteiger partial charge >= 0.3 is 0 Å². The van der Waals surface area contributed by atoms with Gasteiger partial charge in [-0.15, -0.1) is 0 Å². The highest BCUT2D eigenvalue weighted by Gasteiger charge is 2.20. The Morgan fingerprint density at radius 3 is 2.28 bits per heavy atom. The van der Waals surface area contributed by atoms with Crippen LogP contribution in [0.5, 0.6) is 0 Å². The molecule has 2 aromatic rings. The maximum atomic E-state index is 10.5. The topological polar surface area (TPSA) is 48.3 Å². The quantitative estimate of drug-likeness (QED) is 0.634. The molecule has 5 nitrogen and oxygen atoms in total. The van der Waals surface area contributed by atoms with E-state index in [1.807, 2.05) is 6.07 Å². The zero-order valence-electron chi connectivity index (χ0n) is 18.9. The number of aliphatic hydroxyl groups is 1. The average Bonchev–Trinajstić information content (AvgIpc) is 2.83. The molecule has 1 aliphatic carbocycles. The van der Waals surface area contributed by atoms with Gasteiger partial charge in [0.1, 0.15) is 12.7 Å². The van der Waals surface area contributed by atoms with Crippen LogP contribution in [0.4, 0.5) is 0 Å². The van der Waals surface area contributed by atoms with E-state index >= 15 is 0 Å². The highest BCUT2D eigenvalue weighted by molar-refractivity contribution is 6.03. The van der Waals surface area contributed by atoms with Crippen LogP contribution < -0.4 is 0 Å². The molecule has 0 aromatic heterocycles. The summed E-state index contributed by atoms with van der Waals surface area (Å²) in [5.74, 6) is 0. The van der Waals surface area contributed by atoms with E-state index in [2.05, 4.69) is 75.6 Å². The number of hydrogen-bond acceptors (Lipinski definition) is 5. The highest BCUT2D eigenvalue weighted by atomic mass is 16.6. The first-order valence-electron chi connectivity index (χ1n) is 11.9. The lowest BCUT2D eigenvalue weighted by Crippen LogP contribution is -2.48. The Kier molecular flexibility index (Phi) is 8.49. The van der Waals surface area contributed by atoms with Gasteiger partial charge in [0.2, 0.25) is 0 Å². The predicted octanol–water partition coefficient (Wildman–Crippen LogP) is 4.20. The second kappa shape index (κ2) is 12.0. The molecule has 2 fully saturated rings. The Hall–Kier alpha value is -2.47. The highest BCUT2D eigenvalue weighted by Crippen LogP contribution is 2.23. The fraction of sp³-hybridized carbons (Fsp3) is 0.444. The molecule has 2 aliphatic rings. The smallest absolute Gasteiger partial charge is 0.144 e. The van der Waals surface area contributed by atoms with Crippen molar-refractivity contribution in [2.75, 3.05) is 39.3 Å². The fourth-order valence-corrected chi connectivity index (χ4v) is 4.45. The first kappa shape index (κ1) is 22.7.